The molecule has 1 radical (unpaired) electrons. The molecule has 0 saturated carbocycles. The van der Waals surface area contributed by atoms with Crippen LogP contribution in [0.15, 0.2) is 18.2 Å². The number of nitro groups is 1. The van der Waals surface area contributed by atoms with Crippen LogP contribution < -0.4 is 0 Å². The van der Waals surface area contributed by atoms with E-state index in [9.17, 15) is 10.1 Å². The van der Waals surface area contributed by atoms with Crippen molar-refractivity contribution in [1.82, 2.24) is 0 Å². The molecule has 1 rings (SSSR count). The zero-order chi connectivity index (χ0) is 10.0. The third kappa shape index (κ3) is 1.98. The Hall–Kier alpha value is -1.09. The van der Waals surface area contributed by atoms with Crippen LogP contribution in [0.25, 0.3) is 0 Å². The second kappa shape index (κ2) is 3.75. The van der Waals surface area contributed by atoms with Crippen molar-refractivity contribution in [2.75, 3.05) is 0 Å². The molecule has 3 nitrogen and oxygen atoms in total. The van der Waals surface area contributed by atoms with Gasteiger partial charge in [0.1, 0.15) is 5.02 Å². The molecule has 0 spiro atoms. The summed E-state index contributed by atoms with van der Waals surface area (Å²) in [7, 11) is 0. The van der Waals surface area contributed by atoms with E-state index in [0.29, 0.717) is 0 Å². The van der Waals surface area contributed by atoms with Crippen molar-refractivity contribution >= 4 is 17.3 Å². The Labute approximate surface area is 81.5 Å². The van der Waals surface area contributed by atoms with Crippen LogP contribution in [0.5, 0.6) is 0 Å². The molecule has 4 heteroatoms. The van der Waals surface area contributed by atoms with Gasteiger partial charge < -0.3 is 0 Å². The van der Waals surface area contributed by atoms with E-state index in [4.69, 9.17) is 11.6 Å². The van der Waals surface area contributed by atoms with E-state index in [-0.39, 0.29) is 10.7 Å². The zero-order valence-corrected chi connectivity index (χ0v) is 8.13. The van der Waals surface area contributed by atoms with Crippen LogP contribution in [0, 0.1) is 16.0 Å². The van der Waals surface area contributed by atoms with Crippen LogP contribution in [0.4, 0.5) is 5.69 Å². The summed E-state index contributed by atoms with van der Waals surface area (Å²) in [4.78, 5) is 10.0. The lowest BCUT2D eigenvalue weighted by molar-refractivity contribution is -0.384. The molecule has 0 bridgehead atoms. The summed E-state index contributed by atoms with van der Waals surface area (Å²) in [6.45, 7) is 3.73. The van der Waals surface area contributed by atoms with E-state index in [1.165, 1.54) is 6.07 Å². The van der Waals surface area contributed by atoms with Gasteiger partial charge in [0.15, 0.2) is 0 Å². The van der Waals surface area contributed by atoms with E-state index in [1.807, 2.05) is 13.8 Å². The van der Waals surface area contributed by atoms with Gasteiger partial charge in [0.2, 0.25) is 0 Å². The van der Waals surface area contributed by atoms with Gasteiger partial charge in [-0.2, -0.15) is 0 Å². The summed E-state index contributed by atoms with van der Waals surface area (Å²) in [5.74, 6) is 0.966. The average molecular weight is 199 g/mol. The second-order valence-corrected chi connectivity index (χ2v) is 3.27. The van der Waals surface area contributed by atoms with Gasteiger partial charge in [-0.15, -0.1) is 0 Å². The predicted molar refractivity (Wildman–Crippen MR) is 51.8 cm³/mol. The first kappa shape index (κ1) is 9.99. The fraction of sp³-hybridized carbons (Fsp3) is 0.222. The highest BCUT2D eigenvalue weighted by Crippen LogP contribution is 2.31. The quantitative estimate of drug-likeness (QED) is 0.541. The van der Waals surface area contributed by atoms with Gasteiger partial charge >= 0.3 is 0 Å². The molecule has 0 N–H and O–H groups in total. The molecule has 0 saturated heterocycles. The Morgan fingerprint density at radius 1 is 1.46 bits per heavy atom. The Morgan fingerprint density at radius 2 is 2.08 bits per heavy atom. The molecule has 1 aromatic carbocycles. The highest BCUT2D eigenvalue weighted by Gasteiger charge is 2.16. The van der Waals surface area contributed by atoms with Gasteiger partial charge in [-0.3, -0.25) is 10.1 Å². The summed E-state index contributed by atoms with van der Waals surface area (Å²) in [5.41, 5.74) is 0.691. The van der Waals surface area contributed by atoms with Crippen molar-refractivity contribution in [3.05, 3.63) is 44.8 Å². The van der Waals surface area contributed by atoms with Crippen LogP contribution in [-0.2, 0) is 0 Å². The maximum Gasteiger partial charge on any atom is 0.288 e. The largest absolute Gasteiger partial charge is 0.288 e. The molecule has 0 aliphatic carbocycles. The lowest BCUT2D eigenvalue weighted by Crippen LogP contribution is -1.95. The molecule has 0 amide bonds. The highest BCUT2D eigenvalue weighted by molar-refractivity contribution is 6.33. The molecule has 0 unspecified atom stereocenters. The number of hydrogen-bond acceptors (Lipinski definition) is 2. The van der Waals surface area contributed by atoms with Gasteiger partial charge in [0.05, 0.1) is 4.92 Å². The predicted octanol–water partition coefficient (Wildman–Crippen LogP) is 3.21. The van der Waals surface area contributed by atoms with Crippen molar-refractivity contribution in [3.63, 3.8) is 0 Å². The molecule has 1 aromatic rings. The Bertz CT molecular complexity index is 336. The number of nitro benzene ring substituents is 1. The normalized spacial score (nSPS) is 10.5. The van der Waals surface area contributed by atoms with E-state index in [0.717, 1.165) is 11.5 Å². The van der Waals surface area contributed by atoms with Gasteiger partial charge in [-0.1, -0.05) is 37.6 Å². The van der Waals surface area contributed by atoms with Crippen LogP contribution in [0.2, 0.25) is 5.02 Å². The van der Waals surface area contributed by atoms with Gasteiger partial charge in [-0.25, -0.2) is 0 Å². The Kier molecular flexibility index (Phi) is 2.88. The minimum absolute atomic E-state index is 0.0413. The molecular weight excluding hydrogens is 190 g/mol. The smallest absolute Gasteiger partial charge is 0.258 e. The van der Waals surface area contributed by atoms with E-state index < -0.39 is 4.92 Å². The Balaban J connectivity index is 3.26. The average Bonchev–Trinajstić information content (AvgIpc) is 2.03. The van der Waals surface area contributed by atoms with Crippen molar-refractivity contribution in [1.29, 1.82) is 0 Å². The fourth-order valence-corrected chi connectivity index (χ4v) is 1.43. The zero-order valence-electron chi connectivity index (χ0n) is 7.37. The van der Waals surface area contributed by atoms with Crippen LogP contribution in [0.3, 0.4) is 0 Å². The summed E-state index contributed by atoms with van der Waals surface area (Å²) >= 11 is 5.84. The third-order valence-corrected chi connectivity index (χ3v) is 2.11. The van der Waals surface area contributed by atoms with E-state index in [1.54, 1.807) is 12.1 Å². The number of halogens is 1. The van der Waals surface area contributed by atoms with Crippen LogP contribution in [0.1, 0.15) is 19.4 Å². The fourth-order valence-electron chi connectivity index (χ4n) is 1.05. The Morgan fingerprint density at radius 3 is 2.54 bits per heavy atom. The lowest BCUT2D eigenvalue weighted by Gasteiger charge is -2.06. The van der Waals surface area contributed by atoms with E-state index >= 15 is 0 Å². The first-order valence-corrected chi connectivity index (χ1v) is 4.15. The third-order valence-electron chi connectivity index (χ3n) is 1.71. The first-order chi connectivity index (χ1) is 6.04. The minimum Gasteiger partial charge on any atom is -0.258 e. The van der Waals surface area contributed by atoms with Crippen LogP contribution in [-0.4, -0.2) is 4.92 Å². The molecule has 0 heterocycles. The summed E-state index contributed by atoms with van der Waals surface area (Å²) in [6.07, 6.45) is 0. The van der Waals surface area contributed by atoms with Crippen molar-refractivity contribution < 1.29 is 4.92 Å². The monoisotopic (exact) mass is 198 g/mol. The molecule has 0 aliphatic rings. The number of nitrogens with zero attached hydrogens (tertiary/aromatic N) is 1. The lowest BCUT2D eigenvalue weighted by atomic mass is 10.0. The van der Waals surface area contributed by atoms with Gasteiger partial charge in [0, 0.05) is 12.0 Å². The highest BCUT2D eigenvalue weighted by atomic mass is 35.5. The number of benzene rings is 1. The molecule has 0 atom stereocenters. The molecule has 0 aliphatic heterocycles. The summed E-state index contributed by atoms with van der Waals surface area (Å²) in [6, 6.07) is 4.80. The summed E-state index contributed by atoms with van der Waals surface area (Å²) < 4.78 is 0. The van der Waals surface area contributed by atoms with Gasteiger partial charge in [0.25, 0.3) is 5.69 Å². The first-order valence-electron chi connectivity index (χ1n) is 3.77. The summed E-state index contributed by atoms with van der Waals surface area (Å²) in [5, 5.41) is 10.7. The SMILES string of the molecule is C[C](C)c1cccc([N+](=O)[O-])c1Cl. The molecular formula is C9H9ClNO2. The van der Waals surface area contributed by atoms with Gasteiger partial charge in [-0.05, 0) is 5.56 Å². The maximum absolute atomic E-state index is 10.5. The van der Waals surface area contributed by atoms with Crippen LogP contribution >= 0.6 is 11.6 Å². The van der Waals surface area contributed by atoms with Crippen molar-refractivity contribution in [2.24, 2.45) is 0 Å². The van der Waals surface area contributed by atoms with Crippen molar-refractivity contribution in [2.45, 2.75) is 13.8 Å². The minimum atomic E-state index is -0.477. The topological polar surface area (TPSA) is 43.1 Å². The van der Waals surface area contributed by atoms with Crippen molar-refractivity contribution in [3.8, 4) is 0 Å². The maximum atomic E-state index is 10.5. The van der Waals surface area contributed by atoms with E-state index in [2.05, 4.69) is 0 Å². The molecule has 0 fully saturated rings. The molecule has 0 aromatic heterocycles. The number of rotatable bonds is 2. The molecule has 69 valence electrons. The molecule has 13 heavy (non-hydrogen) atoms. The second-order valence-electron chi connectivity index (χ2n) is 2.90. The number of hydrogen-bond donors (Lipinski definition) is 0. The standard InChI is InChI=1S/C9H9ClNO2/c1-6(2)7-4-3-5-8(9(7)10)11(12)13/h3-5H,1-2H3.